The second kappa shape index (κ2) is 10.5. The minimum Gasteiger partial charge on any atom is -0.379 e. The largest absolute Gasteiger partial charge is 0.379 e. The molecule has 5 rings (SSSR count). The smallest absolute Gasteiger partial charge is 0.267 e. The Kier molecular flexibility index (Phi) is 7.26. The number of aromatic nitrogens is 2. The van der Waals surface area contributed by atoms with Gasteiger partial charge in [0.1, 0.15) is 15.8 Å². The van der Waals surface area contributed by atoms with Gasteiger partial charge < -0.3 is 14.8 Å². The number of thiocarbonyl (C=S) groups is 1. The van der Waals surface area contributed by atoms with Gasteiger partial charge in [-0.2, -0.15) is 0 Å². The van der Waals surface area contributed by atoms with Crippen LogP contribution in [0.2, 0.25) is 0 Å². The van der Waals surface area contributed by atoms with Crippen molar-refractivity contribution in [2.45, 2.75) is 18.9 Å². The number of carbonyl (C=O) groups excluding carboxylic acids is 1. The van der Waals surface area contributed by atoms with E-state index < -0.39 is 0 Å². The average Bonchev–Trinajstić information content (AvgIpc) is 3.46. The van der Waals surface area contributed by atoms with Crippen molar-refractivity contribution in [1.82, 2.24) is 19.2 Å². The van der Waals surface area contributed by atoms with Crippen molar-refractivity contribution in [2.75, 3.05) is 57.9 Å². The number of amides is 1. The van der Waals surface area contributed by atoms with E-state index in [1.165, 1.54) is 16.2 Å². The summed E-state index contributed by atoms with van der Waals surface area (Å²) in [5.74, 6) is 0.274. The number of nitrogens with one attached hydrogen (secondary N) is 1. The molecule has 1 amide bonds. The zero-order chi connectivity index (χ0) is 23.5. The zero-order valence-corrected chi connectivity index (χ0v) is 20.4. The van der Waals surface area contributed by atoms with Gasteiger partial charge in [0.25, 0.3) is 11.5 Å². The second-order valence-electron chi connectivity index (χ2n) is 8.42. The van der Waals surface area contributed by atoms with E-state index in [2.05, 4.69) is 15.2 Å². The Hall–Kier alpha value is -2.31. The molecular weight excluding hydrogens is 474 g/mol. The van der Waals surface area contributed by atoms with E-state index in [9.17, 15) is 9.59 Å². The van der Waals surface area contributed by atoms with Crippen molar-refractivity contribution in [3.05, 3.63) is 45.2 Å². The number of morpholine rings is 1. The number of rotatable bonds is 7. The van der Waals surface area contributed by atoms with E-state index in [1.807, 2.05) is 6.07 Å². The first-order chi connectivity index (χ1) is 16.6. The molecule has 3 aliphatic heterocycles. The van der Waals surface area contributed by atoms with Gasteiger partial charge in [-0.15, -0.1) is 0 Å². The number of nitrogens with zero attached hydrogens (tertiary/aromatic N) is 4. The predicted octanol–water partition coefficient (Wildman–Crippen LogP) is 1.82. The van der Waals surface area contributed by atoms with E-state index in [-0.39, 0.29) is 17.6 Å². The molecule has 9 nitrogen and oxygen atoms in total. The molecule has 0 unspecified atom stereocenters. The lowest BCUT2D eigenvalue weighted by Crippen LogP contribution is -2.39. The molecule has 0 radical (unpaired) electrons. The van der Waals surface area contributed by atoms with Crippen LogP contribution in [0.15, 0.2) is 34.1 Å². The molecule has 2 aromatic heterocycles. The van der Waals surface area contributed by atoms with Gasteiger partial charge in [0.05, 0.1) is 36.3 Å². The minimum absolute atomic E-state index is 0.00669. The fourth-order valence-corrected chi connectivity index (χ4v) is 5.56. The van der Waals surface area contributed by atoms with Crippen LogP contribution in [0.5, 0.6) is 0 Å². The molecule has 34 heavy (non-hydrogen) atoms. The third kappa shape index (κ3) is 5.03. The standard InChI is InChI=1S/C23H27N5O4S2/c29-21-17(14-18-22(30)28(23(33)34-18)15-16-4-3-11-32-16)20(25-19-5-1-2-7-27(19)21)24-6-8-26-9-12-31-13-10-26/h1-2,5,7,14,16,24H,3-4,6,8-13,15H2/b18-14-/t16-/m1/s1. The first-order valence-electron chi connectivity index (χ1n) is 11.5. The molecule has 180 valence electrons. The number of pyridine rings is 1. The van der Waals surface area contributed by atoms with Crippen LogP contribution in [-0.2, 0) is 14.3 Å². The quantitative estimate of drug-likeness (QED) is 0.451. The van der Waals surface area contributed by atoms with Gasteiger partial charge in [0.2, 0.25) is 0 Å². The second-order valence-corrected chi connectivity index (χ2v) is 10.1. The molecule has 0 saturated carbocycles. The summed E-state index contributed by atoms with van der Waals surface area (Å²) in [6.45, 7) is 5.82. The molecule has 3 fully saturated rings. The lowest BCUT2D eigenvalue weighted by Gasteiger charge is -2.26. The van der Waals surface area contributed by atoms with Gasteiger partial charge in [0.15, 0.2) is 0 Å². The molecule has 0 spiro atoms. The highest BCUT2D eigenvalue weighted by Crippen LogP contribution is 2.34. The highest BCUT2D eigenvalue weighted by molar-refractivity contribution is 8.26. The van der Waals surface area contributed by atoms with Crippen molar-refractivity contribution < 1.29 is 14.3 Å². The maximum absolute atomic E-state index is 13.4. The van der Waals surface area contributed by atoms with Crippen molar-refractivity contribution in [2.24, 2.45) is 0 Å². The van der Waals surface area contributed by atoms with Gasteiger partial charge in [0, 0.05) is 39.0 Å². The Bertz CT molecular complexity index is 1170. The molecule has 3 aliphatic rings. The van der Waals surface area contributed by atoms with Crippen LogP contribution < -0.4 is 10.9 Å². The molecule has 0 aromatic carbocycles. The summed E-state index contributed by atoms with van der Waals surface area (Å²) in [5.41, 5.74) is 0.664. The van der Waals surface area contributed by atoms with Crippen LogP contribution in [0.3, 0.4) is 0 Å². The Balaban J connectivity index is 1.41. The summed E-state index contributed by atoms with van der Waals surface area (Å²) < 4.78 is 13.1. The molecule has 2 aromatic rings. The summed E-state index contributed by atoms with van der Waals surface area (Å²) in [4.78, 5) is 35.5. The highest BCUT2D eigenvalue weighted by atomic mass is 32.2. The third-order valence-electron chi connectivity index (χ3n) is 6.15. The molecular formula is C23H27N5O4S2. The van der Waals surface area contributed by atoms with Crippen molar-refractivity contribution in [3.63, 3.8) is 0 Å². The topological polar surface area (TPSA) is 88.4 Å². The van der Waals surface area contributed by atoms with Gasteiger partial charge in [-0.3, -0.25) is 23.8 Å². The molecule has 0 bridgehead atoms. The van der Waals surface area contributed by atoms with Crippen molar-refractivity contribution in [1.29, 1.82) is 0 Å². The molecule has 1 atom stereocenters. The van der Waals surface area contributed by atoms with Crippen LogP contribution in [0, 0.1) is 0 Å². The number of ether oxygens (including phenoxy) is 2. The number of hydrogen-bond donors (Lipinski definition) is 1. The Morgan fingerprint density at radius 2 is 2.09 bits per heavy atom. The summed E-state index contributed by atoms with van der Waals surface area (Å²) in [7, 11) is 0. The molecule has 11 heteroatoms. The van der Waals surface area contributed by atoms with Crippen LogP contribution >= 0.6 is 24.0 Å². The van der Waals surface area contributed by atoms with E-state index in [4.69, 9.17) is 21.7 Å². The molecule has 1 N–H and O–H groups in total. The summed E-state index contributed by atoms with van der Waals surface area (Å²) in [5, 5.41) is 3.32. The normalized spacial score (nSPS) is 22.9. The summed E-state index contributed by atoms with van der Waals surface area (Å²) in [6, 6.07) is 5.42. The average molecular weight is 502 g/mol. The Labute approximate surface area is 207 Å². The lowest BCUT2D eigenvalue weighted by molar-refractivity contribution is -0.123. The first-order valence-corrected chi connectivity index (χ1v) is 12.7. The third-order valence-corrected chi connectivity index (χ3v) is 7.53. The van der Waals surface area contributed by atoms with Gasteiger partial charge in [-0.05, 0) is 31.1 Å². The Morgan fingerprint density at radius 1 is 1.24 bits per heavy atom. The maximum Gasteiger partial charge on any atom is 0.267 e. The number of carbonyl (C=O) groups is 1. The summed E-state index contributed by atoms with van der Waals surface area (Å²) in [6.07, 6.45) is 5.23. The molecule has 5 heterocycles. The van der Waals surface area contributed by atoms with Crippen LogP contribution in [-0.4, -0.2) is 88.1 Å². The van der Waals surface area contributed by atoms with E-state index >= 15 is 0 Å². The number of thioether (sulfide) groups is 1. The zero-order valence-electron chi connectivity index (χ0n) is 18.8. The van der Waals surface area contributed by atoms with Gasteiger partial charge >= 0.3 is 0 Å². The minimum atomic E-state index is -0.233. The SMILES string of the molecule is O=C1/C(=C/c2c(NCCN3CCOCC3)nc3ccccn3c2=O)SC(=S)N1C[C@H]1CCCO1. The van der Waals surface area contributed by atoms with Crippen molar-refractivity contribution >= 4 is 51.7 Å². The monoisotopic (exact) mass is 501 g/mol. The number of hydrogen-bond acceptors (Lipinski definition) is 9. The fourth-order valence-electron chi connectivity index (χ4n) is 4.31. The molecule has 0 aliphatic carbocycles. The van der Waals surface area contributed by atoms with E-state index in [1.54, 1.807) is 29.3 Å². The summed E-state index contributed by atoms with van der Waals surface area (Å²) >= 11 is 6.69. The lowest BCUT2D eigenvalue weighted by atomic mass is 10.2. The highest BCUT2D eigenvalue weighted by Gasteiger charge is 2.35. The Morgan fingerprint density at radius 3 is 2.88 bits per heavy atom. The molecule has 3 saturated heterocycles. The number of fused-ring (bicyclic) bond motifs is 1. The van der Waals surface area contributed by atoms with Gasteiger partial charge in [-0.25, -0.2) is 4.98 Å². The van der Waals surface area contributed by atoms with Crippen LogP contribution in [0.1, 0.15) is 18.4 Å². The first kappa shape index (κ1) is 23.4. The van der Waals surface area contributed by atoms with Gasteiger partial charge in [-0.1, -0.05) is 30.0 Å². The van der Waals surface area contributed by atoms with Crippen LogP contribution in [0.25, 0.3) is 11.7 Å². The fraction of sp³-hybridized carbons (Fsp3) is 0.478. The maximum atomic E-state index is 13.4. The van der Waals surface area contributed by atoms with Crippen molar-refractivity contribution in [3.8, 4) is 0 Å². The van der Waals surface area contributed by atoms with E-state index in [0.29, 0.717) is 46.0 Å². The van der Waals surface area contributed by atoms with Crippen LogP contribution in [0.4, 0.5) is 5.82 Å². The number of anilines is 1. The van der Waals surface area contributed by atoms with E-state index in [0.717, 1.165) is 45.7 Å². The predicted molar refractivity (Wildman–Crippen MR) is 136 cm³/mol.